The van der Waals surface area contributed by atoms with Crippen LogP contribution < -0.4 is 10.1 Å². The summed E-state index contributed by atoms with van der Waals surface area (Å²) in [6.45, 7) is 5.21. The van der Waals surface area contributed by atoms with Gasteiger partial charge in [0.2, 0.25) is 0 Å². The maximum Gasteiger partial charge on any atom is 0.176 e. The second-order valence-electron chi connectivity index (χ2n) is 4.87. The van der Waals surface area contributed by atoms with E-state index in [4.69, 9.17) is 9.15 Å². The third kappa shape index (κ3) is 3.29. The van der Waals surface area contributed by atoms with E-state index >= 15 is 0 Å². The molecule has 0 spiro atoms. The maximum absolute atomic E-state index is 5.88. The summed E-state index contributed by atoms with van der Waals surface area (Å²) in [7, 11) is 1.67. The average molecular weight is 261 g/mol. The van der Waals surface area contributed by atoms with Crippen molar-refractivity contribution in [3.8, 4) is 5.75 Å². The lowest BCUT2D eigenvalue weighted by Crippen LogP contribution is -2.27. The molecule has 0 aliphatic carbocycles. The molecule has 0 saturated heterocycles. The van der Waals surface area contributed by atoms with Crippen LogP contribution in [0.15, 0.2) is 28.7 Å². The summed E-state index contributed by atoms with van der Waals surface area (Å²) in [5.74, 6) is 1.76. The van der Waals surface area contributed by atoms with Gasteiger partial charge in [-0.1, -0.05) is 32.4 Å². The zero-order valence-corrected chi connectivity index (χ0v) is 12.0. The van der Waals surface area contributed by atoms with Crippen LogP contribution in [0.4, 0.5) is 0 Å². The van der Waals surface area contributed by atoms with Crippen molar-refractivity contribution in [2.75, 3.05) is 7.11 Å². The molecular formula is C16H23NO2. The van der Waals surface area contributed by atoms with Crippen LogP contribution in [0, 0.1) is 0 Å². The molecule has 3 heteroatoms. The van der Waals surface area contributed by atoms with E-state index in [0.717, 1.165) is 35.4 Å². The first-order valence-corrected chi connectivity index (χ1v) is 7.07. The highest BCUT2D eigenvalue weighted by atomic mass is 16.5. The molecule has 0 bridgehead atoms. The van der Waals surface area contributed by atoms with Crippen LogP contribution in [0.5, 0.6) is 5.75 Å². The van der Waals surface area contributed by atoms with E-state index in [1.54, 1.807) is 7.11 Å². The second-order valence-corrected chi connectivity index (χ2v) is 4.87. The van der Waals surface area contributed by atoms with Crippen molar-refractivity contribution in [3.05, 3.63) is 30.0 Å². The third-order valence-electron chi connectivity index (χ3n) is 3.47. The van der Waals surface area contributed by atoms with Crippen molar-refractivity contribution in [3.63, 3.8) is 0 Å². The smallest absolute Gasteiger partial charge is 0.176 e. The Labute approximate surface area is 114 Å². The molecular weight excluding hydrogens is 238 g/mol. The lowest BCUT2D eigenvalue weighted by Gasteiger charge is -2.14. The van der Waals surface area contributed by atoms with Gasteiger partial charge in [-0.2, -0.15) is 0 Å². The normalized spacial score (nSPS) is 12.8. The zero-order valence-electron chi connectivity index (χ0n) is 12.0. The van der Waals surface area contributed by atoms with Crippen molar-refractivity contribution in [1.29, 1.82) is 0 Å². The van der Waals surface area contributed by atoms with Gasteiger partial charge in [0.1, 0.15) is 5.76 Å². The first-order chi connectivity index (χ1) is 9.28. The number of rotatable bonds is 7. The molecule has 0 aliphatic rings. The largest absolute Gasteiger partial charge is 0.493 e. The Kier molecular flexibility index (Phi) is 4.86. The molecule has 1 N–H and O–H groups in total. The predicted octanol–water partition coefficient (Wildman–Crippen LogP) is 4.11. The number of hydrogen-bond acceptors (Lipinski definition) is 3. The number of ether oxygens (including phenoxy) is 1. The first-order valence-electron chi connectivity index (χ1n) is 7.07. The quantitative estimate of drug-likeness (QED) is 0.814. The molecule has 0 saturated carbocycles. The SMILES string of the molecule is CCCC(CC)NCc1cc2cccc(OC)c2o1. The lowest BCUT2D eigenvalue weighted by atomic mass is 10.1. The molecule has 19 heavy (non-hydrogen) atoms. The standard InChI is InChI=1S/C16H23NO2/c1-4-7-13(5-2)17-11-14-10-12-8-6-9-15(18-3)16(12)19-14/h6,8-10,13,17H,4-5,7,11H2,1-3H3. The van der Waals surface area contributed by atoms with Gasteiger partial charge in [-0.15, -0.1) is 0 Å². The van der Waals surface area contributed by atoms with Crippen molar-refractivity contribution >= 4 is 11.0 Å². The molecule has 3 nitrogen and oxygen atoms in total. The van der Waals surface area contributed by atoms with Crippen LogP contribution in [0.25, 0.3) is 11.0 Å². The summed E-state index contributed by atoms with van der Waals surface area (Å²) in [4.78, 5) is 0. The summed E-state index contributed by atoms with van der Waals surface area (Å²) >= 11 is 0. The van der Waals surface area contributed by atoms with E-state index in [2.05, 4.69) is 25.2 Å². The molecule has 1 aromatic heterocycles. The maximum atomic E-state index is 5.88. The topological polar surface area (TPSA) is 34.4 Å². The number of fused-ring (bicyclic) bond motifs is 1. The van der Waals surface area contributed by atoms with E-state index in [0.29, 0.717) is 6.04 Å². The average Bonchev–Trinajstić information content (AvgIpc) is 2.86. The number of benzene rings is 1. The minimum Gasteiger partial charge on any atom is -0.493 e. The molecule has 0 aliphatic heterocycles. The van der Waals surface area contributed by atoms with Gasteiger partial charge in [-0.3, -0.25) is 0 Å². The van der Waals surface area contributed by atoms with Gasteiger partial charge in [0.05, 0.1) is 13.7 Å². The highest BCUT2D eigenvalue weighted by Gasteiger charge is 2.10. The van der Waals surface area contributed by atoms with E-state index in [-0.39, 0.29) is 0 Å². The van der Waals surface area contributed by atoms with Crippen LogP contribution in [-0.2, 0) is 6.54 Å². The van der Waals surface area contributed by atoms with E-state index in [1.165, 1.54) is 12.8 Å². The van der Waals surface area contributed by atoms with Gasteiger partial charge in [0.15, 0.2) is 11.3 Å². The van der Waals surface area contributed by atoms with E-state index in [9.17, 15) is 0 Å². The number of para-hydroxylation sites is 1. The fourth-order valence-electron chi connectivity index (χ4n) is 2.38. The summed E-state index contributed by atoms with van der Waals surface area (Å²) in [5.41, 5.74) is 0.838. The number of furan rings is 1. The Morgan fingerprint density at radius 1 is 1.32 bits per heavy atom. The summed E-state index contributed by atoms with van der Waals surface area (Å²) < 4.78 is 11.2. The van der Waals surface area contributed by atoms with E-state index in [1.807, 2.05) is 18.2 Å². The van der Waals surface area contributed by atoms with Gasteiger partial charge < -0.3 is 14.5 Å². The summed E-state index contributed by atoms with van der Waals surface area (Å²) in [6, 6.07) is 8.62. The van der Waals surface area contributed by atoms with E-state index < -0.39 is 0 Å². The number of methoxy groups -OCH3 is 1. The monoisotopic (exact) mass is 261 g/mol. The van der Waals surface area contributed by atoms with Crippen LogP contribution in [0.2, 0.25) is 0 Å². The molecule has 1 aromatic carbocycles. The molecule has 2 aromatic rings. The van der Waals surface area contributed by atoms with Gasteiger partial charge in [0, 0.05) is 11.4 Å². The summed E-state index contributed by atoms with van der Waals surface area (Å²) in [6.07, 6.45) is 3.57. The molecule has 0 fully saturated rings. The Morgan fingerprint density at radius 3 is 2.84 bits per heavy atom. The Balaban J connectivity index is 2.09. The lowest BCUT2D eigenvalue weighted by molar-refractivity contribution is 0.399. The number of nitrogens with one attached hydrogen (secondary N) is 1. The molecule has 2 rings (SSSR count). The van der Waals surface area contributed by atoms with Crippen LogP contribution in [-0.4, -0.2) is 13.2 Å². The first kappa shape index (κ1) is 13.9. The van der Waals surface area contributed by atoms with Crippen LogP contribution in [0.1, 0.15) is 38.9 Å². The fraction of sp³-hybridized carbons (Fsp3) is 0.500. The van der Waals surface area contributed by atoms with Gasteiger partial charge in [-0.25, -0.2) is 0 Å². The van der Waals surface area contributed by atoms with Crippen molar-refractivity contribution in [1.82, 2.24) is 5.32 Å². The number of hydrogen-bond donors (Lipinski definition) is 1. The highest BCUT2D eigenvalue weighted by molar-refractivity contribution is 5.83. The fourth-order valence-corrected chi connectivity index (χ4v) is 2.38. The second kappa shape index (κ2) is 6.62. The zero-order chi connectivity index (χ0) is 13.7. The minimum atomic E-state index is 0.570. The highest BCUT2D eigenvalue weighted by Crippen LogP contribution is 2.28. The summed E-state index contributed by atoms with van der Waals surface area (Å²) in [5, 5.41) is 4.65. The minimum absolute atomic E-state index is 0.570. The molecule has 1 unspecified atom stereocenters. The Hall–Kier alpha value is -1.48. The van der Waals surface area contributed by atoms with Crippen molar-refractivity contribution in [2.45, 2.75) is 45.7 Å². The molecule has 0 radical (unpaired) electrons. The molecule has 1 atom stereocenters. The van der Waals surface area contributed by atoms with Gasteiger partial charge in [-0.05, 0) is 25.0 Å². The van der Waals surface area contributed by atoms with Gasteiger partial charge in [0.25, 0.3) is 0 Å². The van der Waals surface area contributed by atoms with Gasteiger partial charge >= 0.3 is 0 Å². The molecule has 1 heterocycles. The third-order valence-corrected chi connectivity index (χ3v) is 3.47. The van der Waals surface area contributed by atoms with Crippen molar-refractivity contribution < 1.29 is 9.15 Å². The molecule has 0 amide bonds. The van der Waals surface area contributed by atoms with Crippen LogP contribution >= 0.6 is 0 Å². The van der Waals surface area contributed by atoms with Crippen molar-refractivity contribution in [2.24, 2.45) is 0 Å². The Bertz CT molecular complexity index is 518. The van der Waals surface area contributed by atoms with Crippen LogP contribution in [0.3, 0.4) is 0 Å². The Morgan fingerprint density at radius 2 is 2.16 bits per heavy atom. The molecule has 104 valence electrons. The predicted molar refractivity (Wildman–Crippen MR) is 78.6 cm³/mol.